The number of halogens is 1. The van der Waals surface area contributed by atoms with Gasteiger partial charge in [0.05, 0.1) is 12.1 Å². The highest BCUT2D eigenvalue weighted by molar-refractivity contribution is 7.71. The zero-order valence-corrected chi connectivity index (χ0v) is 14.7. The summed E-state index contributed by atoms with van der Waals surface area (Å²) in [6.45, 7) is 0.477. The monoisotopic (exact) mass is 367 g/mol. The SMILES string of the molecule is S=c1[nH]nc(-c2ccccc2)n1NCc1cc2ccccc2nc1Cl. The van der Waals surface area contributed by atoms with E-state index in [1.54, 1.807) is 4.68 Å². The Bertz CT molecular complexity index is 1090. The van der Waals surface area contributed by atoms with Gasteiger partial charge in [0.1, 0.15) is 5.15 Å². The van der Waals surface area contributed by atoms with E-state index in [1.165, 1.54) is 0 Å². The van der Waals surface area contributed by atoms with E-state index in [1.807, 2.05) is 60.7 Å². The molecule has 0 bridgehead atoms. The third kappa shape index (κ3) is 3.14. The van der Waals surface area contributed by atoms with Crippen molar-refractivity contribution in [2.75, 3.05) is 5.43 Å². The third-order valence-corrected chi connectivity index (χ3v) is 4.48. The Morgan fingerprint density at radius 3 is 2.68 bits per heavy atom. The van der Waals surface area contributed by atoms with Crippen LogP contribution in [0.5, 0.6) is 0 Å². The number of benzene rings is 2. The zero-order chi connectivity index (χ0) is 17.2. The summed E-state index contributed by atoms with van der Waals surface area (Å²) in [5.41, 5.74) is 6.01. The predicted octanol–water partition coefficient (Wildman–Crippen LogP) is 4.55. The van der Waals surface area contributed by atoms with E-state index in [9.17, 15) is 0 Å². The van der Waals surface area contributed by atoms with E-state index in [0.29, 0.717) is 16.5 Å². The molecular formula is C18H14ClN5S. The Hall–Kier alpha value is -2.70. The van der Waals surface area contributed by atoms with Gasteiger partial charge >= 0.3 is 0 Å². The van der Waals surface area contributed by atoms with Gasteiger partial charge in [-0.1, -0.05) is 60.1 Å². The second kappa shape index (κ2) is 6.66. The summed E-state index contributed by atoms with van der Waals surface area (Å²) in [6, 6.07) is 19.8. The van der Waals surface area contributed by atoms with Crippen LogP contribution in [0, 0.1) is 4.77 Å². The van der Waals surface area contributed by atoms with Crippen molar-refractivity contribution in [3.05, 3.63) is 76.2 Å². The van der Waals surface area contributed by atoms with Crippen LogP contribution in [-0.2, 0) is 6.54 Å². The normalized spacial score (nSPS) is 10.9. The molecule has 0 radical (unpaired) electrons. The minimum atomic E-state index is 0.475. The van der Waals surface area contributed by atoms with Gasteiger partial charge in [-0.15, -0.1) is 0 Å². The smallest absolute Gasteiger partial charge is 0.214 e. The van der Waals surface area contributed by atoms with Crippen LogP contribution in [0.3, 0.4) is 0 Å². The molecule has 0 spiro atoms. The molecule has 2 heterocycles. The summed E-state index contributed by atoms with van der Waals surface area (Å²) in [7, 11) is 0. The lowest BCUT2D eigenvalue weighted by molar-refractivity contribution is 0.830. The van der Waals surface area contributed by atoms with E-state index < -0.39 is 0 Å². The number of H-pyrrole nitrogens is 1. The standard InChI is InChI=1S/C18H14ClN5S/c19-16-14(10-13-8-4-5-9-15(13)21-16)11-20-24-17(22-23-18(24)25)12-6-2-1-3-7-12/h1-10,20H,11H2,(H,23,25). The summed E-state index contributed by atoms with van der Waals surface area (Å²) in [5, 5.41) is 8.64. The number of nitrogens with one attached hydrogen (secondary N) is 2. The van der Waals surface area contributed by atoms with Crippen molar-refractivity contribution in [2.45, 2.75) is 6.54 Å². The molecule has 0 aliphatic heterocycles. The first-order chi connectivity index (χ1) is 12.2. The van der Waals surface area contributed by atoms with Gasteiger partial charge in [0.15, 0.2) is 5.82 Å². The molecule has 0 saturated heterocycles. The number of nitrogens with zero attached hydrogens (tertiary/aromatic N) is 3. The van der Waals surface area contributed by atoms with Gasteiger partial charge in [-0.25, -0.2) is 14.8 Å². The van der Waals surface area contributed by atoms with Crippen molar-refractivity contribution in [1.29, 1.82) is 0 Å². The number of hydrogen-bond acceptors (Lipinski definition) is 4. The zero-order valence-electron chi connectivity index (χ0n) is 13.1. The summed E-state index contributed by atoms with van der Waals surface area (Å²) >= 11 is 11.7. The average molecular weight is 368 g/mol. The van der Waals surface area contributed by atoms with Crippen LogP contribution in [0.1, 0.15) is 5.56 Å². The predicted molar refractivity (Wildman–Crippen MR) is 103 cm³/mol. The molecule has 0 aliphatic carbocycles. The highest BCUT2D eigenvalue weighted by atomic mass is 35.5. The molecule has 4 aromatic rings. The molecule has 0 aliphatic rings. The highest BCUT2D eigenvalue weighted by Gasteiger charge is 2.10. The number of para-hydroxylation sites is 1. The van der Waals surface area contributed by atoms with Crippen LogP contribution >= 0.6 is 23.8 Å². The van der Waals surface area contributed by atoms with Crippen LogP contribution < -0.4 is 5.43 Å². The molecule has 124 valence electrons. The fourth-order valence-corrected chi connectivity index (χ4v) is 3.06. The lowest BCUT2D eigenvalue weighted by Gasteiger charge is -2.11. The Kier molecular flexibility index (Phi) is 4.21. The fourth-order valence-electron chi connectivity index (χ4n) is 2.65. The minimum absolute atomic E-state index is 0.475. The molecule has 2 aromatic heterocycles. The molecule has 2 aromatic carbocycles. The van der Waals surface area contributed by atoms with Crippen LogP contribution in [0.4, 0.5) is 0 Å². The topological polar surface area (TPSA) is 58.5 Å². The fraction of sp³-hybridized carbons (Fsp3) is 0.0556. The molecule has 25 heavy (non-hydrogen) atoms. The van der Waals surface area contributed by atoms with Crippen molar-refractivity contribution in [3.8, 4) is 11.4 Å². The Morgan fingerprint density at radius 2 is 1.84 bits per heavy atom. The van der Waals surface area contributed by atoms with Gasteiger partial charge in [-0.2, -0.15) is 5.10 Å². The second-order valence-electron chi connectivity index (χ2n) is 5.52. The first kappa shape index (κ1) is 15.8. The maximum Gasteiger partial charge on any atom is 0.214 e. The van der Waals surface area contributed by atoms with Crippen molar-refractivity contribution in [3.63, 3.8) is 0 Å². The van der Waals surface area contributed by atoms with Crippen LogP contribution in [0.2, 0.25) is 5.15 Å². The van der Waals surface area contributed by atoms with Crippen LogP contribution in [0.25, 0.3) is 22.3 Å². The van der Waals surface area contributed by atoms with Gasteiger partial charge in [0.2, 0.25) is 4.77 Å². The third-order valence-electron chi connectivity index (χ3n) is 3.88. The number of hydrogen-bond donors (Lipinski definition) is 2. The van der Waals surface area contributed by atoms with E-state index in [0.717, 1.165) is 27.9 Å². The van der Waals surface area contributed by atoms with Gasteiger partial charge in [0, 0.05) is 16.5 Å². The summed E-state index contributed by atoms with van der Waals surface area (Å²) in [6.07, 6.45) is 0. The van der Waals surface area contributed by atoms with Crippen molar-refractivity contribution < 1.29 is 0 Å². The summed E-state index contributed by atoms with van der Waals surface area (Å²) in [5.74, 6) is 0.718. The molecule has 0 amide bonds. The van der Waals surface area contributed by atoms with Crippen LogP contribution in [-0.4, -0.2) is 19.9 Å². The molecule has 7 heteroatoms. The number of aromatic amines is 1. The van der Waals surface area contributed by atoms with Gasteiger partial charge in [-0.3, -0.25) is 0 Å². The second-order valence-corrected chi connectivity index (χ2v) is 6.26. The first-order valence-electron chi connectivity index (χ1n) is 7.73. The number of fused-ring (bicyclic) bond motifs is 1. The van der Waals surface area contributed by atoms with Crippen molar-refractivity contribution >= 4 is 34.7 Å². The maximum absolute atomic E-state index is 6.33. The van der Waals surface area contributed by atoms with Crippen molar-refractivity contribution in [1.82, 2.24) is 19.9 Å². The van der Waals surface area contributed by atoms with Crippen molar-refractivity contribution in [2.24, 2.45) is 0 Å². The molecule has 4 rings (SSSR count). The number of rotatable bonds is 4. The Labute approximate surface area is 154 Å². The molecular weight excluding hydrogens is 354 g/mol. The highest BCUT2D eigenvalue weighted by Crippen LogP contribution is 2.21. The largest absolute Gasteiger partial charge is 0.317 e. The average Bonchev–Trinajstić information content (AvgIpc) is 3.01. The number of pyridine rings is 1. The van der Waals surface area contributed by atoms with E-state index in [-0.39, 0.29) is 0 Å². The molecule has 0 fully saturated rings. The molecule has 0 saturated carbocycles. The molecule has 0 unspecified atom stereocenters. The summed E-state index contributed by atoms with van der Waals surface area (Å²) in [4.78, 5) is 4.45. The lowest BCUT2D eigenvalue weighted by atomic mass is 10.1. The maximum atomic E-state index is 6.33. The van der Waals surface area contributed by atoms with Gasteiger partial charge in [-0.05, 0) is 24.4 Å². The minimum Gasteiger partial charge on any atom is -0.317 e. The summed E-state index contributed by atoms with van der Waals surface area (Å²) < 4.78 is 2.24. The van der Waals surface area contributed by atoms with Gasteiger partial charge < -0.3 is 5.43 Å². The first-order valence-corrected chi connectivity index (χ1v) is 8.52. The van der Waals surface area contributed by atoms with E-state index >= 15 is 0 Å². The van der Waals surface area contributed by atoms with Gasteiger partial charge in [0.25, 0.3) is 0 Å². The molecule has 5 nitrogen and oxygen atoms in total. The molecule has 2 N–H and O–H groups in total. The van der Waals surface area contributed by atoms with E-state index in [4.69, 9.17) is 23.8 Å². The molecule has 0 atom stereocenters. The Balaban J connectivity index is 1.65. The van der Waals surface area contributed by atoms with Crippen LogP contribution in [0.15, 0.2) is 60.7 Å². The van der Waals surface area contributed by atoms with E-state index in [2.05, 4.69) is 20.6 Å². The quantitative estimate of drug-likeness (QED) is 0.410. The Morgan fingerprint density at radius 1 is 1.08 bits per heavy atom. The lowest BCUT2D eigenvalue weighted by Crippen LogP contribution is -2.16. The number of aromatic nitrogens is 4.